The Bertz CT molecular complexity index is 1250. The van der Waals surface area contributed by atoms with E-state index < -0.39 is 5.97 Å². The smallest absolute Gasteiger partial charge is 0.339 e. The Hall–Kier alpha value is -3.52. The predicted octanol–water partition coefficient (Wildman–Crippen LogP) is 4.99. The van der Waals surface area contributed by atoms with Gasteiger partial charge in [0.2, 0.25) is 0 Å². The third kappa shape index (κ3) is 4.55. The topological polar surface area (TPSA) is 94.3 Å². The predicted molar refractivity (Wildman–Crippen MR) is 122 cm³/mol. The quantitative estimate of drug-likeness (QED) is 0.399. The maximum absolute atomic E-state index is 12.9. The Balaban J connectivity index is 1.49. The molecule has 164 valence electrons. The number of thiophene rings is 1. The standard InChI is InChI=1S/C24H23N3O4S/c1-4-18(16-9-7-14(2)8-10-16)25-21(28)13-30-24(29)17-12-19(20-6-5-11-32-20)26-23-22(17)15(3)27-31-23/h5-12,18H,4,13H2,1-3H3,(H,25,28). The molecule has 3 heterocycles. The van der Waals surface area contributed by atoms with Crippen molar-refractivity contribution in [2.75, 3.05) is 6.61 Å². The SMILES string of the molecule is CCC(NC(=O)COC(=O)c1cc(-c2cccs2)nc2onc(C)c12)c1ccc(C)cc1. The number of esters is 1. The zero-order valence-electron chi connectivity index (χ0n) is 18.0. The van der Waals surface area contributed by atoms with E-state index in [1.165, 1.54) is 11.3 Å². The molecule has 1 aromatic carbocycles. The van der Waals surface area contributed by atoms with Crippen LogP contribution in [0.4, 0.5) is 0 Å². The Morgan fingerprint density at radius 1 is 1.19 bits per heavy atom. The summed E-state index contributed by atoms with van der Waals surface area (Å²) in [5.41, 5.74) is 3.82. The zero-order valence-corrected chi connectivity index (χ0v) is 18.9. The third-order valence-electron chi connectivity index (χ3n) is 5.17. The fraction of sp³-hybridized carbons (Fsp3) is 0.250. The molecular weight excluding hydrogens is 426 g/mol. The number of benzene rings is 1. The van der Waals surface area contributed by atoms with Gasteiger partial charge in [-0.3, -0.25) is 4.79 Å². The number of fused-ring (bicyclic) bond motifs is 1. The number of ether oxygens (including phenoxy) is 1. The minimum Gasteiger partial charge on any atom is -0.452 e. The summed E-state index contributed by atoms with van der Waals surface area (Å²) in [4.78, 5) is 30.7. The van der Waals surface area contributed by atoms with Gasteiger partial charge in [-0.2, -0.15) is 0 Å². The average Bonchev–Trinajstić information content (AvgIpc) is 3.46. The first-order valence-electron chi connectivity index (χ1n) is 10.3. The molecule has 0 saturated heterocycles. The minimum atomic E-state index is -0.625. The van der Waals surface area contributed by atoms with Gasteiger partial charge in [-0.25, -0.2) is 9.78 Å². The molecule has 0 spiro atoms. The molecular formula is C24H23N3O4S. The van der Waals surface area contributed by atoms with Crippen LogP contribution in [0.3, 0.4) is 0 Å². The largest absolute Gasteiger partial charge is 0.452 e. The Labute approximate surface area is 189 Å². The molecule has 0 fully saturated rings. The summed E-state index contributed by atoms with van der Waals surface area (Å²) in [5, 5.41) is 9.27. The highest BCUT2D eigenvalue weighted by Crippen LogP contribution is 2.29. The zero-order chi connectivity index (χ0) is 22.7. The molecule has 0 saturated carbocycles. The maximum atomic E-state index is 12.9. The number of carbonyl (C=O) groups excluding carboxylic acids is 2. The van der Waals surface area contributed by atoms with Crippen molar-refractivity contribution in [3.8, 4) is 10.6 Å². The van der Waals surface area contributed by atoms with Crippen LogP contribution in [0.2, 0.25) is 0 Å². The van der Waals surface area contributed by atoms with E-state index in [0.717, 1.165) is 22.4 Å². The van der Waals surface area contributed by atoms with Crippen LogP contribution in [-0.4, -0.2) is 28.6 Å². The lowest BCUT2D eigenvalue weighted by Crippen LogP contribution is -2.32. The summed E-state index contributed by atoms with van der Waals surface area (Å²) in [7, 11) is 0. The van der Waals surface area contributed by atoms with E-state index in [4.69, 9.17) is 9.26 Å². The highest BCUT2D eigenvalue weighted by molar-refractivity contribution is 7.13. The van der Waals surface area contributed by atoms with Crippen LogP contribution in [0.25, 0.3) is 21.7 Å². The number of aryl methyl sites for hydroxylation is 2. The normalized spacial score (nSPS) is 12.0. The molecule has 1 amide bonds. The summed E-state index contributed by atoms with van der Waals surface area (Å²) in [6, 6.07) is 13.3. The van der Waals surface area contributed by atoms with Crippen molar-refractivity contribution in [3.63, 3.8) is 0 Å². The van der Waals surface area contributed by atoms with E-state index >= 15 is 0 Å². The molecule has 0 bridgehead atoms. The Morgan fingerprint density at radius 2 is 1.97 bits per heavy atom. The Morgan fingerprint density at radius 3 is 2.66 bits per heavy atom. The lowest BCUT2D eigenvalue weighted by Gasteiger charge is -2.17. The van der Waals surface area contributed by atoms with Crippen LogP contribution in [0, 0.1) is 13.8 Å². The third-order valence-corrected chi connectivity index (χ3v) is 6.06. The van der Waals surface area contributed by atoms with Gasteiger partial charge in [0.1, 0.15) is 0 Å². The van der Waals surface area contributed by atoms with Crippen molar-refractivity contribution in [1.82, 2.24) is 15.5 Å². The number of hydrogen-bond acceptors (Lipinski definition) is 7. The molecule has 3 aromatic heterocycles. The van der Waals surface area contributed by atoms with Gasteiger partial charge < -0.3 is 14.6 Å². The van der Waals surface area contributed by atoms with E-state index in [0.29, 0.717) is 16.8 Å². The van der Waals surface area contributed by atoms with Gasteiger partial charge in [0.05, 0.1) is 33.3 Å². The summed E-state index contributed by atoms with van der Waals surface area (Å²) in [5.74, 6) is -0.989. The summed E-state index contributed by atoms with van der Waals surface area (Å²) < 4.78 is 10.6. The molecule has 7 nitrogen and oxygen atoms in total. The summed E-state index contributed by atoms with van der Waals surface area (Å²) in [6.07, 6.45) is 0.720. The Kier molecular flexibility index (Phi) is 6.32. The molecule has 32 heavy (non-hydrogen) atoms. The van der Waals surface area contributed by atoms with E-state index in [-0.39, 0.29) is 29.8 Å². The number of nitrogens with one attached hydrogen (secondary N) is 1. The molecule has 4 rings (SSSR count). The van der Waals surface area contributed by atoms with Crippen molar-refractivity contribution in [3.05, 3.63) is 70.2 Å². The van der Waals surface area contributed by atoms with E-state index in [1.54, 1.807) is 13.0 Å². The molecule has 0 aliphatic carbocycles. The molecule has 4 aromatic rings. The van der Waals surface area contributed by atoms with Crippen LogP contribution >= 0.6 is 11.3 Å². The van der Waals surface area contributed by atoms with Gasteiger partial charge in [-0.05, 0) is 43.3 Å². The second-order valence-corrected chi connectivity index (χ2v) is 8.44. The van der Waals surface area contributed by atoms with Crippen molar-refractivity contribution in [1.29, 1.82) is 0 Å². The molecule has 8 heteroatoms. The van der Waals surface area contributed by atoms with E-state index in [1.807, 2.05) is 55.6 Å². The number of pyridine rings is 1. The molecule has 0 aliphatic heterocycles. The lowest BCUT2D eigenvalue weighted by atomic mass is 10.0. The molecule has 0 aliphatic rings. The second kappa shape index (κ2) is 9.32. The lowest BCUT2D eigenvalue weighted by molar-refractivity contribution is -0.125. The number of hydrogen-bond donors (Lipinski definition) is 1. The molecule has 1 N–H and O–H groups in total. The van der Waals surface area contributed by atoms with Crippen LogP contribution < -0.4 is 5.32 Å². The van der Waals surface area contributed by atoms with Crippen LogP contribution in [0.15, 0.2) is 52.4 Å². The van der Waals surface area contributed by atoms with Crippen LogP contribution in [-0.2, 0) is 9.53 Å². The minimum absolute atomic E-state index is 0.153. The first kappa shape index (κ1) is 21.7. The first-order chi connectivity index (χ1) is 15.5. The van der Waals surface area contributed by atoms with Crippen LogP contribution in [0.1, 0.15) is 46.6 Å². The van der Waals surface area contributed by atoms with Gasteiger partial charge in [-0.15, -0.1) is 11.3 Å². The first-order valence-corrected chi connectivity index (χ1v) is 11.2. The number of aromatic nitrogens is 2. The molecule has 0 radical (unpaired) electrons. The van der Waals surface area contributed by atoms with Gasteiger partial charge in [0, 0.05) is 0 Å². The number of rotatable bonds is 7. The number of nitrogens with zero attached hydrogens (tertiary/aromatic N) is 2. The number of amides is 1. The van der Waals surface area contributed by atoms with Crippen molar-refractivity contribution < 1.29 is 18.8 Å². The van der Waals surface area contributed by atoms with E-state index in [2.05, 4.69) is 15.5 Å². The maximum Gasteiger partial charge on any atom is 0.339 e. The van der Waals surface area contributed by atoms with Crippen molar-refractivity contribution in [2.45, 2.75) is 33.2 Å². The van der Waals surface area contributed by atoms with Gasteiger partial charge >= 0.3 is 5.97 Å². The van der Waals surface area contributed by atoms with Gasteiger partial charge in [0.15, 0.2) is 6.61 Å². The van der Waals surface area contributed by atoms with Crippen LogP contribution in [0.5, 0.6) is 0 Å². The number of carbonyl (C=O) groups is 2. The highest BCUT2D eigenvalue weighted by Gasteiger charge is 2.22. The average molecular weight is 450 g/mol. The van der Waals surface area contributed by atoms with Crippen molar-refractivity contribution >= 4 is 34.3 Å². The highest BCUT2D eigenvalue weighted by atomic mass is 32.1. The summed E-state index contributed by atoms with van der Waals surface area (Å²) >= 11 is 1.50. The van der Waals surface area contributed by atoms with E-state index in [9.17, 15) is 9.59 Å². The van der Waals surface area contributed by atoms with Gasteiger partial charge in [0.25, 0.3) is 11.6 Å². The summed E-state index contributed by atoms with van der Waals surface area (Å²) in [6.45, 7) is 5.35. The fourth-order valence-electron chi connectivity index (χ4n) is 3.47. The molecule has 1 unspecified atom stereocenters. The second-order valence-electron chi connectivity index (χ2n) is 7.50. The van der Waals surface area contributed by atoms with Crippen molar-refractivity contribution in [2.24, 2.45) is 0 Å². The fourth-order valence-corrected chi connectivity index (χ4v) is 4.16. The van der Waals surface area contributed by atoms with Gasteiger partial charge in [-0.1, -0.05) is 48.0 Å². The molecule has 1 atom stereocenters. The monoisotopic (exact) mass is 449 g/mol.